The molecule has 1 fully saturated rings. The van der Waals surface area contributed by atoms with Gasteiger partial charge in [0.05, 0.1) is 17.1 Å². The second-order valence-electron chi connectivity index (χ2n) is 5.41. The van der Waals surface area contributed by atoms with E-state index in [0.29, 0.717) is 6.54 Å². The van der Waals surface area contributed by atoms with Crippen LogP contribution < -0.4 is 0 Å². The number of hydrogen-bond acceptors (Lipinski definition) is 5. The van der Waals surface area contributed by atoms with Gasteiger partial charge in [0.15, 0.2) is 0 Å². The van der Waals surface area contributed by atoms with Crippen molar-refractivity contribution in [3.05, 3.63) is 52.5 Å². The molecule has 2 heterocycles. The van der Waals surface area contributed by atoms with E-state index in [1.807, 2.05) is 35.7 Å². The molecule has 1 aliphatic heterocycles. The molecule has 6 nitrogen and oxygen atoms in total. The number of hydrogen-bond donors (Lipinski definition) is 1. The molecule has 7 heteroatoms. The van der Waals surface area contributed by atoms with Crippen LogP contribution in [0, 0.1) is 5.92 Å². The smallest absolute Gasteiger partial charge is 0.410 e. The average molecular weight is 332 g/mol. The minimum absolute atomic E-state index is 0.144. The van der Waals surface area contributed by atoms with E-state index < -0.39 is 18.0 Å². The Labute approximate surface area is 137 Å². The Bertz CT molecular complexity index is 675. The Kier molecular flexibility index (Phi) is 4.57. The first-order chi connectivity index (χ1) is 11.1. The number of benzene rings is 1. The van der Waals surface area contributed by atoms with Gasteiger partial charge in [0.25, 0.3) is 0 Å². The summed E-state index contributed by atoms with van der Waals surface area (Å²) in [6, 6.07) is 9.38. The highest BCUT2D eigenvalue weighted by Crippen LogP contribution is 2.33. The highest BCUT2D eigenvalue weighted by Gasteiger charge is 2.42. The van der Waals surface area contributed by atoms with E-state index >= 15 is 0 Å². The summed E-state index contributed by atoms with van der Waals surface area (Å²) in [4.78, 5) is 29.3. The number of amides is 1. The number of aromatic nitrogens is 1. The molecule has 0 spiro atoms. The maximum atomic E-state index is 12.2. The Hall–Kier alpha value is -2.41. The maximum absolute atomic E-state index is 12.2. The summed E-state index contributed by atoms with van der Waals surface area (Å²) in [6.07, 6.45) is -0.488. The van der Waals surface area contributed by atoms with Crippen LogP contribution in [0.15, 0.2) is 41.2 Å². The Morgan fingerprint density at radius 2 is 2.09 bits per heavy atom. The zero-order valence-corrected chi connectivity index (χ0v) is 13.1. The number of likely N-dealkylation sites (tertiary alicyclic amines) is 1. The molecule has 2 aromatic rings. The molecule has 23 heavy (non-hydrogen) atoms. The molecule has 1 aromatic carbocycles. The Balaban J connectivity index is 1.64. The molecule has 0 radical (unpaired) electrons. The van der Waals surface area contributed by atoms with Crippen LogP contribution in [0.4, 0.5) is 4.79 Å². The minimum atomic E-state index is -0.915. The summed E-state index contributed by atoms with van der Waals surface area (Å²) in [6.45, 7) is 0.634. The predicted octanol–water partition coefficient (Wildman–Crippen LogP) is 2.58. The predicted molar refractivity (Wildman–Crippen MR) is 84.2 cm³/mol. The topological polar surface area (TPSA) is 79.7 Å². The lowest BCUT2D eigenvalue weighted by molar-refractivity contribution is -0.141. The van der Waals surface area contributed by atoms with Crippen molar-refractivity contribution in [3.63, 3.8) is 0 Å². The largest absolute Gasteiger partial charge is 0.481 e. The number of ether oxygens (including phenoxy) is 1. The van der Waals surface area contributed by atoms with Crippen molar-refractivity contribution in [2.24, 2.45) is 5.92 Å². The second-order valence-corrected chi connectivity index (χ2v) is 6.13. The highest BCUT2D eigenvalue weighted by atomic mass is 32.1. The van der Waals surface area contributed by atoms with E-state index in [1.54, 1.807) is 5.51 Å². The fraction of sp³-hybridized carbons (Fsp3) is 0.312. The van der Waals surface area contributed by atoms with Gasteiger partial charge in [0.1, 0.15) is 6.61 Å². The average Bonchev–Trinajstić information content (AvgIpc) is 3.22. The standard InChI is InChI=1S/C16H16N2O4S/c19-15(20)13-7-18(6-12(13)14-9-23-10-17-14)16(21)22-8-11-4-2-1-3-5-11/h1-5,9-10,12-13H,6-8H2,(H,19,20). The van der Waals surface area contributed by atoms with Crippen molar-refractivity contribution in [3.8, 4) is 0 Å². The molecule has 0 aliphatic carbocycles. The van der Waals surface area contributed by atoms with Crippen LogP contribution in [0.2, 0.25) is 0 Å². The Morgan fingerprint density at radius 1 is 1.30 bits per heavy atom. The number of nitrogens with zero attached hydrogens (tertiary/aromatic N) is 2. The molecule has 2 atom stereocenters. The van der Waals surface area contributed by atoms with E-state index in [4.69, 9.17) is 4.74 Å². The van der Waals surface area contributed by atoms with Crippen LogP contribution in [0.1, 0.15) is 17.2 Å². The quantitative estimate of drug-likeness (QED) is 0.931. The number of carboxylic acid groups (broad SMARTS) is 1. The number of carbonyl (C=O) groups is 2. The zero-order chi connectivity index (χ0) is 16.2. The van der Waals surface area contributed by atoms with Gasteiger partial charge >= 0.3 is 12.1 Å². The molecule has 2 unspecified atom stereocenters. The lowest BCUT2D eigenvalue weighted by Crippen LogP contribution is -2.30. The Morgan fingerprint density at radius 3 is 2.74 bits per heavy atom. The third-order valence-corrected chi connectivity index (χ3v) is 4.54. The normalized spacial score (nSPS) is 20.4. The van der Waals surface area contributed by atoms with E-state index in [2.05, 4.69) is 4.98 Å². The van der Waals surface area contributed by atoms with Crippen molar-refractivity contribution in [2.75, 3.05) is 13.1 Å². The molecule has 1 aromatic heterocycles. The summed E-state index contributed by atoms with van der Waals surface area (Å²) in [5.41, 5.74) is 3.29. The van der Waals surface area contributed by atoms with Gasteiger partial charge in [-0.05, 0) is 5.56 Å². The summed E-state index contributed by atoms with van der Waals surface area (Å²) < 4.78 is 5.28. The van der Waals surface area contributed by atoms with Crippen molar-refractivity contribution in [2.45, 2.75) is 12.5 Å². The molecule has 120 valence electrons. The lowest BCUT2D eigenvalue weighted by Gasteiger charge is -2.15. The second kappa shape index (κ2) is 6.78. The third-order valence-electron chi connectivity index (χ3n) is 3.93. The number of aliphatic carboxylic acids is 1. The molecular formula is C16H16N2O4S. The number of rotatable bonds is 4. The molecule has 1 aliphatic rings. The molecular weight excluding hydrogens is 316 g/mol. The highest BCUT2D eigenvalue weighted by molar-refractivity contribution is 7.07. The van der Waals surface area contributed by atoms with E-state index in [1.165, 1.54) is 16.2 Å². The number of carboxylic acids is 1. The van der Waals surface area contributed by atoms with E-state index in [0.717, 1.165) is 11.3 Å². The summed E-state index contributed by atoms with van der Waals surface area (Å²) in [5, 5.41) is 11.2. The number of carbonyl (C=O) groups excluding carboxylic acids is 1. The van der Waals surface area contributed by atoms with Gasteiger partial charge in [-0.1, -0.05) is 30.3 Å². The van der Waals surface area contributed by atoms with Crippen molar-refractivity contribution >= 4 is 23.4 Å². The van der Waals surface area contributed by atoms with Gasteiger partial charge in [-0.3, -0.25) is 4.79 Å². The van der Waals surface area contributed by atoms with E-state index in [-0.39, 0.29) is 19.1 Å². The summed E-state index contributed by atoms with van der Waals surface area (Å²) in [7, 11) is 0. The molecule has 1 saturated heterocycles. The minimum Gasteiger partial charge on any atom is -0.481 e. The lowest BCUT2D eigenvalue weighted by atomic mass is 9.94. The molecule has 0 saturated carbocycles. The zero-order valence-electron chi connectivity index (χ0n) is 12.3. The fourth-order valence-electron chi connectivity index (χ4n) is 2.72. The summed E-state index contributed by atoms with van der Waals surface area (Å²) >= 11 is 1.42. The van der Waals surface area contributed by atoms with Gasteiger partial charge in [-0.2, -0.15) is 0 Å². The van der Waals surface area contributed by atoms with Gasteiger partial charge in [-0.25, -0.2) is 9.78 Å². The van der Waals surface area contributed by atoms with Gasteiger partial charge in [0, 0.05) is 24.4 Å². The molecule has 0 bridgehead atoms. The van der Waals surface area contributed by atoms with Crippen molar-refractivity contribution < 1.29 is 19.4 Å². The fourth-order valence-corrected chi connectivity index (χ4v) is 3.34. The molecule has 3 rings (SSSR count). The van der Waals surface area contributed by atoms with Crippen LogP contribution in [0.5, 0.6) is 0 Å². The van der Waals surface area contributed by atoms with Crippen molar-refractivity contribution in [1.29, 1.82) is 0 Å². The maximum Gasteiger partial charge on any atom is 0.410 e. The van der Waals surface area contributed by atoms with Crippen LogP contribution in [0.3, 0.4) is 0 Å². The van der Waals surface area contributed by atoms with Crippen LogP contribution in [0.25, 0.3) is 0 Å². The van der Waals surface area contributed by atoms with Crippen molar-refractivity contribution in [1.82, 2.24) is 9.88 Å². The van der Waals surface area contributed by atoms with Gasteiger partial charge in [0.2, 0.25) is 0 Å². The first-order valence-corrected chi connectivity index (χ1v) is 8.16. The first-order valence-electron chi connectivity index (χ1n) is 7.21. The third kappa shape index (κ3) is 3.50. The SMILES string of the molecule is O=C(O)C1CN(C(=O)OCc2ccccc2)CC1c1cscn1. The van der Waals surface area contributed by atoms with Gasteiger partial charge in [-0.15, -0.1) is 11.3 Å². The van der Waals surface area contributed by atoms with Crippen LogP contribution in [-0.2, 0) is 16.1 Å². The number of thiazole rings is 1. The molecule has 1 amide bonds. The van der Waals surface area contributed by atoms with E-state index in [9.17, 15) is 14.7 Å². The van der Waals surface area contributed by atoms with Gasteiger partial charge < -0.3 is 14.7 Å². The summed E-state index contributed by atoms with van der Waals surface area (Å²) in [5.74, 6) is -1.86. The first kappa shape index (κ1) is 15.5. The molecule has 1 N–H and O–H groups in total. The monoisotopic (exact) mass is 332 g/mol. The van der Waals surface area contributed by atoms with Crippen LogP contribution in [-0.4, -0.2) is 40.1 Å². The van der Waals surface area contributed by atoms with Crippen LogP contribution >= 0.6 is 11.3 Å².